The molecule has 1 aromatic carbocycles. The van der Waals surface area contributed by atoms with Gasteiger partial charge in [-0.1, -0.05) is 13.0 Å². The first-order valence-corrected chi connectivity index (χ1v) is 8.76. The Balaban J connectivity index is 1.90. The number of thiophene rings is 1. The van der Waals surface area contributed by atoms with Gasteiger partial charge >= 0.3 is 0 Å². The number of ether oxygens (including phenoxy) is 2. The van der Waals surface area contributed by atoms with Crippen molar-refractivity contribution in [3.63, 3.8) is 0 Å². The molecule has 2 rings (SSSR count). The van der Waals surface area contributed by atoms with Gasteiger partial charge in [0, 0.05) is 30.2 Å². The maximum absolute atomic E-state index is 5.32. The third-order valence-corrected chi connectivity index (χ3v) is 4.52. The largest absolute Gasteiger partial charge is 0.493 e. The summed E-state index contributed by atoms with van der Waals surface area (Å²) in [6.45, 7) is 3.08. The highest BCUT2D eigenvalue weighted by Crippen LogP contribution is 2.29. The molecule has 0 spiro atoms. The van der Waals surface area contributed by atoms with Gasteiger partial charge in [0.1, 0.15) is 0 Å². The fourth-order valence-corrected chi connectivity index (χ4v) is 3.21. The minimum atomic E-state index is 0.521. The van der Waals surface area contributed by atoms with Crippen molar-refractivity contribution >= 4 is 23.0 Å². The van der Waals surface area contributed by atoms with Crippen LogP contribution < -0.4 is 20.1 Å². The molecule has 0 saturated carbocycles. The molecule has 0 aliphatic carbocycles. The normalized spacial score (nSPS) is 12.6. The quantitative estimate of drug-likeness (QED) is 0.593. The van der Waals surface area contributed by atoms with Gasteiger partial charge in [-0.3, -0.25) is 4.99 Å². The topological polar surface area (TPSA) is 54.9 Å². The maximum Gasteiger partial charge on any atom is 0.195 e. The van der Waals surface area contributed by atoms with Crippen LogP contribution in [0.3, 0.4) is 0 Å². The Hall–Kier alpha value is -2.21. The Morgan fingerprint density at radius 2 is 2.00 bits per heavy atom. The summed E-state index contributed by atoms with van der Waals surface area (Å²) in [5, 5.41) is 8.76. The summed E-state index contributed by atoms with van der Waals surface area (Å²) in [5.74, 6) is 2.65. The van der Waals surface area contributed by atoms with Crippen molar-refractivity contribution in [3.05, 3.63) is 40.6 Å². The van der Waals surface area contributed by atoms with Crippen LogP contribution in [0.4, 0.5) is 5.69 Å². The summed E-state index contributed by atoms with van der Waals surface area (Å²) in [6, 6.07) is 9.97. The number of anilines is 1. The second-order valence-electron chi connectivity index (χ2n) is 5.54. The second kappa shape index (κ2) is 9.17. The first-order chi connectivity index (χ1) is 11.7. The minimum Gasteiger partial charge on any atom is -0.493 e. The smallest absolute Gasteiger partial charge is 0.195 e. The SMILES string of the molecule is CN=C(NCC(C)Cc1cccs1)Nc1ccc(OC)c(OC)c1. The highest BCUT2D eigenvalue weighted by Gasteiger charge is 2.08. The Labute approximate surface area is 147 Å². The summed E-state index contributed by atoms with van der Waals surface area (Å²) < 4.78 is 10.6. The molecular formula is C18H25N3O2S. The zero-order valence-electron chi connectivity index (χ0n) is 14.6. The molecular weight excluding hydrogens is 322 g/mol. The van der Waals surface area contributed by atoms with Gasteiger partial charge in [0.05, 0.1) is 14.2 Å². The van der Waals surface area contributed by atoms with E-state index in [4.69, 9.17) is 9.47 Å². The van der Waals surface area contributed by atoms with Crippen molar-refractivity contribution < 1.29 is 9.47 Å². The van der Waals surface area contributed by atoms with Crippen LogP contribution in [-0.2, 0) is 6.42 Å². The molecule has 130 valence electrons. The number of nitrogens with zero attached hydrogens (tertiary/aromatic N) is 1. The number of methoxy groups -OCH3 is 2. The van der Waals surface area contributed by atoms with Crippen LogP contribution in [0.25, 0.3) is 0 Å². The predicted molar refractivity (Wildman–Crippen MR) is 102 cm³/mol. The lowest BCUT2D eigenvalue weighted by atomic mass is 10.1. The highest BCUT2D eigenvalue weighted by molar-refractivity contribution is 7.09. The average molecular weight is 347 g/mol. The van der Waals surface area contributed by atoms with E-state index in [0.29, 0.717) is 17.4 Å². The molecule has 0 aliphatic heterocycles. The number of nitrogens with one attached hydrogen (secondary N) is 2. The van der Waals surface area contributed by atoms with Crippen molar-refractivity contribution in [1.29, 1.82) is 0 Å². The molecule has 0 saturated heterocycles. The lowest BCUT2D eigenvalue weighted by Gasteiger charge is -2.16. The summed E-state index contributed by atoms with van der Waals surface area (Å²) in [7, 11) is 5.02. The Kier molecular flexibility index (Phi) is 6.93. The van der Waals surface area contributed by atoms with Gasteiger partial charge < -0.3 is 20.1 Å². The number of guanidine groups is 1. The number of aliphatic imine (C=N–C) groups is 1. The maximum atomic E-state index is 5.32. The van der Waals surface area contributed by atoms with Crippen LogP contribution in [0.5, 0.6) is 11.5 Å². The average Bonchev–Trinajstić information content (AvgIpc) is 3.11. The number of rotatable bonds is 7. The summed E-state index contributed by atoms with van der Waals surface area (Å²) in [6.07, 6.45) is 1.07. The second-order valence-corrected chi connectivity index (χ2v) is 6.57. The van der Waals surface area contributed by atoms with E-state index in [9.17, 15) is 0 Å². The van der Waals surface area contributed by atoms with Crippen LogP contribution in [0.15, 0.2) is 40.7 Å². The van der Waals surface area contributed by atoms with Crippen molar-refractivity contribution in [2.24, 2.45) is 10.9 Å². The van der Waals surface area contributed by atoms with Crippen LogP contribution in [0.2, 0.25) is 0 Å². The van der Waals surface area contributed by atoms with Crippen LogP contribution >= 0.6 is 11.3 Å². The zero-order valence-corrected chi connectivity index (χ0v) is 15.4. The third kappa shape index (κ3) is 5.16. The van der Waals surface area contributed by atoms with E-state index in [1.807, 2.05) is 18.2 Å². The predicted octanol–water partition coefficient (Wildman–Crippen LogP) is 3.63. The fraction of sp³-hybridized carbons (Fsp3) is 0.389. The van der Waals surface area contributed by atoms with Crippen molar-refractivity contribution in [2.75, 3.05) is 33.1 Å². The van der Waals surface area contributed by atoms with Gasteiger partial charge in [-0.25, -0.2) is 0 Å². The molecule has 0 radical (unpaired) electrons. The van der Waals surface area contributed by atoms with E-state index in [-0.39, 0.29) is 0 Å². The molecule has 1 heterocycles. The van der Waals surface area contributed by atoms with Gasteiger partial charge in [0.2, 0.25) is 0 Å². The molecule has 1 atom stereocenters. The van der Waals surface area contributed by atoms with E-state index in [0.717, 1.165) is 24.6 Å². The van der Waals surface area contributed by atoms with Gasteiger partial charge in [0.25, 0.3) is 0 Å². The summed E-state index contributed by atoms with van der Waals surface area (Å²) in [4.78, 5) is 5.68. The van der Waals surface area contributed by atoms with Gasteiger partial charge in [-0.15, -0.1) is 11.3 Å². The molecule has 2 N–H and O–H groups in total. The monoisotopic (exact) mass is 347 g/mol. The third-order valence-electron chi connectivity index (χ3n) is 3.62. The molecule has 0 amide bonds. The van der Waals surface area contributed by atoms with Crippen molar-refractivity contribution in [3.8, 4) is 11.5 Å². The zero-order chi connectivity index (χ0) is 17.4. The molecule has 5 nitrogen and oxygen atoms in total. The molecule has 0 aliphatic rings. The first-order valence-electron chi connectivity index (χ1n) is 7.88. The van der Waals surface area contributed by atoms with Gasteiger partial charge in [-0.2, -0.15) is 0 Å². The van der Waals surface area contributed by atoms with E-state index in [1.54, 1.807) is 32.6 Å². The molecule has 2 aromatic rings. The van der Waals surface area contributed by atoms with Crippen LogP contribution in [0.1, 0.15) is 11.8 Å². The number of hydrogen-bond donors (Lipinski definition) is 2. The van der Waals surface area contributed by atoms with Crippen molar-refractivity contribution in [2.45, 2.75) is 13.3 Å². The number of hydrogen-bond acceptors (Lipinski definition) is 4. The lowest BCUT2D eigenvalue weighted by Crippen LogP contribution is -2.34. The standard InChI is InChI=1S/C18H25N3O2S/c1-13(10-15-6-5-9-24-15)12-20-18(19-2)21-14-7-8-16(22-3)17(11-14)23-4/h5-9,11,13H,10,12H2,1-4H3,(H2,19,20,21). The van der Waals surface area contributed by atoms with E-state index >= 15 is 0 Å². The molecule has 0 fully saturated rings. The number of benzene rings is 1. The Morgan fingerprint density at radius 3 is 2.62 bits per heavy atom. The summed E-state index contributed by atoms with van der Waals surface area (Å²) >= 11 is 1.80. The van der Waals surface area contributed by atoms with E-state index in [2.05, 4.69) is 40.1 Å². The first kappa shape index (κ1) is 18.1. The molecule has 1 unspecified atom stereocenters. The van der Waals surface area contributed by atoms with Gasteiger partial charge in [0.15, 0.2) is 17.5 Å². The molecule has 24 heavy (non-hydrogen) atoms. The van der Waals surface area contributed by atoms with Gasteiger partial charge in [-0.05, 0) is 35.9 Å². The minimum absolute atomic E-state index is 0.521. The highest BCUT2D eigenvalue weighted by atomic mass is 32.1. The molecule has 6 heteroatoms. The summed E-state index contributed by atoms with van der Waals surface area (Å²) in [5.41, 5.74) is 0.895. The Morgan fingerprint density at radius 1 is 1.21 bits per heavy atom. The molecule has 1 aromatic heterocycles. The molecule has 0 bridgehead atoms. The lowest BCUT2D eigenvalue weighted by molar-refractivity contribution is 0.355. The fourth-order valence-electron chi connectivity index (χ4n) is 2.35. The van der Waals surface area contributed by atoms with Crippen molar-refractivity contribution in [1.82, 2.24) is 5.32 Å². The van der Waals surface area contributed by atoms with Crippen LogP contribution in [0, 0.1) is 5.92 Å². The van der Waals surface area contributed by atoms with Crippen LogP contribution in [-0.4, -0.2) is 33.8 Å². The Bertz CT molecular complexity index is 656. The van der Waals surface area contributed by atoms with E-state index < -0.39 is 0 Å². The van der Waals surface area contributed by atoms with E-state index in [1.165, 1.54) is 4.88 Å².